The molecule has 25 heavy (non-hydrogen) atoms. The number of hydrogen-bond donors (Lipinski definition) is 1. The van der Waals surface area contributed by atoms with Crippen LogP contribution in [0.3, 0.4) is 0 Å². The van der Waals surface area contributed by atoms with Gasteiger partial charge in [-0.1, -0.05) is 54.6 Å². The third-order valence-corrected chi connectivity index (χ3v) is 3.85. The van der Waals surface area contributed by atoms with Gasteiger partial charge in [0.15, 0.2) is 0 Å². The molecule has 0 unspecified atom stereocenters. The van der Waals surface area contributed by atoms with Crippen molar-refractivity contribution in [3.05, 3.63) is 91.0 Å². The second-order valence-corrected chi connectivity index (χ2v) is 5.68. The average molecular weight is 374 g/mol. The Morgan fingerprint density at radius 1 is 0.600 bits per heavy atom. The third kappa shape index (κ3) is 7.32. The van der Waals surface area contributed by atoms with Crippen molar-refractivity contribution in [2.45, 2.75) is 0 Å². The monoisotopic (exact) mass is 374 g/mol. The molecule has 7 heteroatoms. The quantitative estimate of drug-likeness (QED) is 0.566. The number of hydrogen-bond acceptors (Lipinski definition) is 4. The minimum Gasteiger partial charge on any atom is -0.409 e. The molecule has 0 saturated heterocycles. The molecule has 0 heterocycles. The summed E-state index contributed by atoms with van der Waals surface area (Å²) in [4.78, 5) is 6.99. The second kappa shape index (κ2) is 11.2. The number of para-hydroxylation sites is 3. The van der Waals surface area contributed by atoms with E-state index in [2.05, 4.69) is 0 Å². The van der Waals surface area contributed by atoms with Crippen molar-refractivity contribution < 1.29 is 23.0 Å². The SMILES string of the molecule is O=PO.c1ccc(OP(Oc2ccccc2)Oc2ccccc2)cc1. The Hall–Kier alpha value is -2.45. The lowest BCUT2D eigenvalue weighted by Crippen LogP contribution is -2.02. The van der Waals surface area contributed by atoms with Crippen LogP contribution in [-0.4, -0.2) is 4.89 Å². The third-order valence-electron chi connectivity index (χ3n) is 2.77. The molecule has 0 atom stereocenters. The minimum atomic E-state index is -1.59. The van der Waals surface area contributed by atoms with E-state index in [4.69, 9.17) is 23.0 Å². The fourth-order valence-corrected chi connectivity index (χ4v) is 2.75. The molecule has 5 nitrogen and oxygen atoms in total. The lowest BCUT2D eigenvalue weighted by molar-refractivity contribution is 0.388. The molecule has 0 radical (unpaired) electrons. The highest BCUT2D eigenvalue weighted by Crippen LogP contribution is 2.41. The molecule has 0 bridgehead atoms. The maximum atomic E-state index is 8.46. The zero-order valence-electron chi connectivity index (χ0n) is 13.1. The van der Waals surface area contributed by atoms with Gasteiger partial charge in [0.05, 0.1) is 0 Å². The summed E-state index contributed by atoms with van der Waals surface area (Å²) in [5, 5.41) is 0. The standard InChI is InChI=1S/C18H15O3P.HO2P/c1-4-10-16(11-5-1)19-22(20-17-12-6-2-7-13-17)21-18-14-8-3-9-15-18;1-3-2/h1-15H;(H,1,2). The summed E-state index contributed by atoms with van der Waals surface area (Å²) in [6, 6.07) is 28.5. The molecular formula is C18H16O5P2. The highest BCUT2D eigenvalue weighted by atomic mass is 31.2. The zero-order chi connectivity index (χ0) is 17.7. The van der Waals surface area contributed by atoms with Crippen molar-refractivity contribution in [3.8, 4) is 17.2 Å². The van der Waals surface area contributed by atoms with Crippen LogP contribution < -0.4 is 13.6 Å². The van der Waals surface area contributed by atoms with Gasteiger partial charge in [-0.2, -0.15) is 0 Å². The van der Waals surface area contributed by atoms with Crippen LogP contribution >= 0.6 is 17.3 Å². The average Bonchev–Trinajstić information content (AvgIpc) is 2.65. The zero-order valence-corrected chi connectivity index (χ0v) is 14.9. The Morgan fingerprint density at radius 3 is 1.08 bits per heavy atom. The fraction of sp³-hybridized carbons (Fsp3) is 0. The molecule has 0 fully saturated rings. The van der Waals surface area contributed by atoms with Gasteiger partial charge in [-0.3, -0.25) is 0 Å². The first-order chi connectivity index (χ1) is 12.3. The molecule has 3 aromatic carbocycles. The minimum absolute atomic E-state index is 0.709. The Bertz CT molecular complexity index is 628. The Morgan fingerprint density at radius 2 is 0.840 bits per heavy atom. The van der Waals surface area contributed by atoms with E-state index in [1.807, 2.05) is 91.0 Å². The molecule has 3 aromatic rings. The van der Waals surface area contributed by atoms with E-state index in [-0.39, 0.29) is 0 Å². The van der Waals surface area contributed by atoms with Gasteiger partial charge >= 0.3 is 17.3 Å². The Balaban J connectivity index is 0.000000701. The largest absolute Gasteiger partial charge is 0.530 e. The summed E-state index contributed by atoms with van der Waals surface area (Å²) in [6.45, 7) is 0. The van der Waals surface area contributed by atoms with E-state index in [1.54, 1.807) is 0 Å². The highest BCUT2D eigenvalue weighted by Gasteiger charge is 2.19. The van der Waals surface area contributed by atoms with Crippen LogP contribution in [0.15, 0.2) is 91.0 Å². The molecule has 0 amide bonds. The van der Waals surface area contributed by atoms with E-state index in [0.717, 1.165) is 0 Å². The van der Waals surface area contributed by atoms with Crippen LogP contribution in [0.4, 0.5) is 0 Å². The van der Waals surface area contributed by atoms with Gasteiger partial charge in [0.25, 0.3) is 0 Å². The van der Waals surface area contributed by atoms with Gasteiger partial charge in [0, 0.05) is 0 Å². The Kier molecular flexibility index (Phi) is 8.43. The van der Waals surface area contributed by atoms with Crippen LogP contribution in [0.25, 0.3) is 0 Å². The van der Waals surface area contributed by atoms with E-state index in [1.165, 1.54) is 0 Å². The lowest BCUT2D eigenvalue weighted by atomic mass is 10.3. The predicted octanol–water partition coefficient (Wildman–Crippen LogP) is 5.64. The molecular weight excluding hydrogens is 358 g/mol. The summed E-state index contributed by atoms with van der Waals surface area (Å²) in [7, 11) is -2.42. The maximum absolute atomic E-state index is 8.46. The number of benzene rings is 3. The van der Waals surface area contributed by atoms with Gasteiger partial charge in [-0.15, -0.1) is 0 Å². The van der Waals surface area contributed by atoms with Gasteiger partial charge in [0.1, 0.15) is 17.2 Å². The molecule has 1 N–H and O–H groups in total. The summed E-state index contributed by atoms with van der Waals surface area (Å²) in [5.41, 5.74) is 0. The smallest absolute Gasteiger partial charge is 0.409 e. The van der Waals surface area contributed by atoms with Crippen molar-refractivity contribution in [3.63, 3.8) is 0 Å². The van der Waals surface area contributed by atoms with Crippen molar-refractivity contribution in [1.29, 1.82) is 0 Å². The molecule has 0 aliphatic rings. The predicted molar refractivity (Wildman–Crippen MR) is 98.0 cm³/mol. The van der Waals surface area contributed by atoms with Gasteiger partial charge < -0.3 is 18.5 Å². The molecule has 0 saturated carbocycles. The molecule has 0 aromatic heterocycles. The fourth-order valence-electron chi connectivity index (χ4n) is 1.76. The Labute approximate surface area is 149 Å². The number of rotatable bonds is 6. The van der Waals surface area contributed by atoms with Crippen molar-refractivity contribution in [2.75, 3.05) is 0 Å². The first-order valence-electron chi connectivity index (χ1n) is 7.27. The molecule has 128 valence electrons. The van der Waals surface area contributed by atoms with E-state index >= 15 is 0 Å². The summed E-state index contributed by atoms with van der Waals surface area (Å²) >= 11 is 0. The molecule has 0 aliphatic heterocycles. The van der Waals surface area contributed by atoms with Crippen LogP contribution in [-0.2, 0) is 4.57 Å². The molecule has 0 aliphatic carbocycles. The van der Waals surface area contributed by atoms with Crippen LogP contribution in [0.1, 0.15) is 0 Å². The van der Waals surface area contributed by atoms with Gasteiger partial charge in [-0.25, -0.2) is 4.57 Å². The summed E-state index contributed by atoms with van der Waals surface area (Å²) < 4.78 is 26.0. The first-order valence-corrected chi connectivity index (χ1v) is 9.14. The summed E-state index contributed by atoms with van der Waals surface area (Å²) in [6.07, 6.45) is 0. The van der Waals surface area contributed by atoms with Gasteiger partial charge in [0.2, 0.25) is 0 Å². The van der Waals surface area contributed by atoms with Crippen LogP contribution in [0, 0.1) is 0 Å². The molecule has 3 rings (SSSR count). The van der Waals surface area contributed by atoms with Crippen LogP contribution in [0.2, 0.25) is 0 Å². The molecule has 0 spiro atoms. The van der Waals surface area contributed by atoms with Crippen molar-refractivity contribution >= 4 is 17.3 Å². The van der Waals surface area contributed by atoms with Gasteiger partial charge in [-0.05, 0) is 36.4 Å². The van der Waals surface area contributed by atoms with E-state index < -0.39 is 17.3 Å². The second-order valence-electron chi connectivity index (χ2n) is 4.52. The first kappa shape index (κ1) is 18.9. The normalized spacial score (nSPS) is 9.84. The lowest BCUT2D eigenvalue weighted by Gasteiger charge is -2.17. The topological polar surface area (TPSA) is 65.0 Å². The van der Waals surface area contributed by atoms with Crippen molar-refractivity contribution in [2.24, 2.45) is 0 Å². The highest BCUT2D eigenvalue weighted by molar-refractivity contribution is 7.43. The van der Waals surface area contributed by atoms with E-state index in [9.17, 15) is 0 Å². The maximum Gasteiger partial charge on any atom is 0.530 e. The van der Waals surface area contributed by atoms with Crippen molar-refractivity contribution in [1.82, 2.24) is 0 Å². The summed E-state index contributed by atoms with van der Waals surface area (Å²) in [5.74, 6) is 2.13. The van der Waals surface area contributed by atoms with E-state index in [0.29, 0.717) is 17.2 Å². The van der Waals surface area contributed by atoms with Crippen LogP contribution in [0.5, 0.6) is 17.2 Å².